The molecule has 2 aromatic rings. The molecule has 1 saturated heterocycles. The number of amides is 2. The predicted molar refractivity (Wildman–Crippen MR) is 80.3 cm³/mol. The molecule has 4 rings (SSSR count). The van der Waals surface area contributed by atoms with Crippen molar-refractivity contribution in [2.75, 3.05) is 19.6 Å². The van der Waals surface area contributed by atoms with E-state index in [0.717, 1.165) is 18.2 Å². The summed E-state index contributed by atoms with van der Waals surface area (Å²) in [6.07, 6.45) is 2.10. The number of aryl methyl sites for hydroxylation is 2. The monoisotopic (exact) mass is 280 g/mol. The van der Waals surface area contributed by atoms with Gasteiger partial charge in [-0.05, 0) is 40.8 Å². The average molecular weight is 280 g/mol. The summed E-state index contributed by atoms with van der Waals surface area (Å²) in [5, 5.41) is 5.02. The molecule has 1 heterocycles. The summed E-state index contributed by atoms with van der Waals surface area (Å²) in [5.74, 6) is -0.124. The molecule has 0 unspecified atom stereocenters. The van der Waals surface area contributed by atoms with E-state index in [-0.39, 0.29) is 18.4 Å². The van der Waals surface area contributed by atoms with E-state index >= 15 is 0 Å². The Morgan fingerprint density at radius 3 is 2.71 bits per heavy atom. The minimum absolute atomic E-state index is 0.0412. The van der Waals surface area contributed by atoms with Crippen molar-refractivity contribution >= 4 is 22.6 Å². The third-order valence-electron chi connectivity index (χ3n) is 4.43. The Labute approximate surface area is 122 Å². The number of benzene rings is 2. The lowest BCUT2D eigenvalue weighted by atomic mass is 9.99. The van der Waals surface area contributed by atoms with Crippen molar-refractivity contribution in [3.63, 3.8) is 0 Å². The molecule has 4 nitrogen and oxygen atoms in total. The summed E-state index contributed by atoms with van der Waals surface area (Å²) in [7, 11) is 0. The van der Waals surface area contributed by atoms with Crippen LogP contribution in [0, 0.1) is 0 Å². The fourth-order valence-corrected chi connectivity index (χ4v) is 3.42. The molecule has 1 aliphatic carbocycles. The standard InChI is InChI=1S/C17H16N2O2/c20-15-10-19(9-8-18-15)17(21)14-7-6-12-5-4-11-2-1-3-13(14)16(11)12/h1-3,6-7H,4-5,8-10H2,(H,18,20). The van der Waals surface area contributed by atoms with Crippen molar-refractivity contribution in [2.45, 2.75) is 12.8 Å². The fourth-order valence-electron chi connectivity index (χ4n) is 3.42. The second-order valence-corrected chi connectivity index (χ2v) is 5.69. The van der Waals surface area contributed by atoms with Crippen molar-refractivity contribution in [1.82, 2.24) is 10.2 Å². The molecule has 0 aromatic heterocycles. The first-order valence-electron chi connectivity index (χ1n) is 7.33. The number of rotatable bonds is 1. The Bertz CT molecular complexity index is 756. The third kappa shape index (κ3) is 1.90. The maximum absolute atomic E-state index is 12.7. The second kappa shape index (κ2) is 4.58. The molecule has 4 heteroatoms. The van der Waals surface area contributed by atoms with Gasteiger partial charge in [0.25, 0.3) is 5.91 Å². The van der Waals surface area contributed by atoms with Crippen molar-refractivity contribution in [2.24, 2.45) is 0 Å². The Morgan fingerprint density at radius 2 is 1.90 bits per heavy atom. The summed E-state index contributed by atoms with van der Waals surface area (Å²) in [5.41, 5.74) is 3.37. The Hall–Kier alpha value is -2.36. The summed E-state index contributed by atoms with van der Waals surface area (Å²) in [6.45, 7) is 1.26. The van der Waals surface area contributed by atoms with Gasteiger partial charge in [0.05, 0.1) is 6.54 Å². The molecular weight excluding hydrogens is 264 g/mol. The Balaban J connectivity index is 1.80. The topological polar surface area (TPSA) is 49.4 Å². The van der Waals surface area contributed by atoms with Gasteiger partial charge in [-0.15, -0.1) is 0 Å². The highest BCUT2D eigenvalue weighted by molar-refractivity contribution is 6.09. The number of hydrogen-bond donors (Lipinski definition) is 1. The van der Waals surface area contributed by atoms with Gasteiger partial charge in [-0.25, -0.2) is 0 Å². The Kier molecular flexibility index (Phi) is 2.70. The summed E-state index contributed by atoms with van der Waals surface area (Å²) in [6, 6.07) is 10.2. The van der Waals surface area contributed by atoms with Crippen molar-refractivity contribution in [1.29, 1.82) is 0 Å². The first-order valence-corrected chi connectivity index (χ1v) is 7.33. The number of carbonyl (C=O) groups excluding carboxylic acids is 2. The number of carbonyl (C=O) groups is 2. The summed E-state index contributed by atoms with van der Waals surface area (Å²) in [4.78, 5) is 25.9. The number of nitrogens with zero attached hydrogens (tertiary/aromatic N) is 1. The van der Waals surface area contributed by atoms with Crippen molar-refractivity contribution in [3.8, 4) is 0 Å². The predicted octanol–water partition coefficient (Wildman–Crippen LogP) is 1.51. The zero-order chi connectivity index (χ0) is 14.4. The molecule has 1 N–H and O–H groups in total. The van der Waals surface area contributed by atoms with E-state index in [9.17, 15) is 9.59 Å². The van der Waals surface area contributed by atoms with Crippen LogP contribution >= 0.6 is 0 Å². The maximum atomic E-state index is 12.7. The van der Waals surface area contributed by atoms with Crippen LogP contribution in [0.15, 0.2) is 30.3 Å². The number of hydrogen-bond acceptors (Lipinski definition) is 2. The largest absolute Gasteiger partial charge is 0.353 e. The summed E-state index contributed by atoms with van der Waals surface area (Å²) < 4.78 is 0. The molecule has 2 amide bonds. The molecule has 2 aromatic carbocycles. The van der Waals surface area contributed by atoms with Crippen LogP contribution in [0.5, 0.6) is 0 Å². The smallest absolute Gasteiger partial charge is 0.255 e. The third-order valence-corrected chi connectivity index (χ3v) is 4.43. The van der Waals surface area contributed by atoms with Gasteiger partial charge in [-0.3, -0.25) is 9.59 Å². The van der Waals surface area contributed by atoms with Gasteiger partial charge in [-0.1, -0.05) is 24.3 Å². The molecule has 106 valence electrons. The van der Waals surface area contributed by atoms with Gasteiger partial charge >= 0.3 is 0 Å². The minimum Gasteiger partial charge on any atom is -0.353 e. The minimum atomic E-state index is -0.0828. The van der Waals surface area contributed by atoms with Crippen LogP contribution in [0.3, 0.4) is 0 Å². The zero-order valence-corrected chi connectivity index (χ0v) is 11.7. The normalized spacial score (nSPS) is 17.1. The van der Waals surface area contributed by atoms with Crippen LogP contribution in [-0.4, -0.2) is 36.3 Å². The SMILES string of the molecule is O=C1CN(C(=O)c2ccc3c4c(cccc24)CC3)CCN1. The molecule has 1 aliphatic heterocycles. The van der Waals surface area contributed by atoms with Crippen molar-refractivity contribution in [3.05, 3.63) is 47.0 Å². The van der Waals surface area contributed by atoms with E-state index in [2.05, 4.69) is 17.4 Å². The Morgan fingerprint density at radius 1 is 1.10 bits per heavy atom. The lowest BCUT2D eigenvalue weighted by Gasteiger charge is -2.27. The van der Waals surface area contributed by atoms with Gasteiger partial charge in [-0.2, -0.15) is 0 Å². The average Bonchev–Trinajstić information content (AvgIpc) is 2.92. The van der Waals surface area contributed by atoms with Crippen LogP contribution in [0.4, 0.5) is 0 Å². The second-order valence-electron chi connectivity index (χ2n) is 5.69. The zero-order valence-electron chi connectivity index (χ0n) is 11.7. The first kappa shape index (κ1) is 12.4. The van der Waals surface area contributed by atoms with E-state index in [1.807, 2.05) is 18.2 Å². The van der Waals surface area contributed by atoms with Crippen LogP contribution in [0.1, 0.15) is 21.5 Å². The van der Waals surface area contributed by atoms with Crippen LogP contribution in [0.2, 0.25) is 0 Å². The van der Waals surface area contributed by atoms with Gasteiger partial charge in [0, 0.05) is 18.7 Å². The molecular formula is C17H16N2O2. The fraction of sp³-hybridized carbons (Fsp3) is 0.294. The molecule has 0 saturated carbocycles. The highest BCUT2D eigenvalue weighted by Crippen LogP contribution is 2.33. The molecule has 0 spiro atoms. The van der Waals surface area contributed by atoms with Crippen LogP contribution in [0.25, 0.3) is 10.8 Å². The van der Waals surface area contributed by atoms with E-state index in [4.69, 9.17) is 0 Å². The van der Waals surface area contributed by atoms with Crippen LogP contribution < -0.4 is 5.32 Å². The van der Waals surface area contributed by atoms with E-state index in [1.54, 1.807) is 4.90 Å². The van der Waals surface area contributed by atoms with Gasteiger partial charge in [0.15, 0.2) is 0 Å². The van der Waals surface area contributed by atoms with Crippen LogP contribution in [-0.2, 0) is 17.6 Å². The van der Waals surface area contributed by atoms with Gasteiger partial charge < -0.3 is 10.2 Å². The molecule has 0 bridgehead atoms. The highest BCUT2D eigenvalue weighted by atomic mass is 16.2. The van der Waals surface area contributed by atoms with Gasteiger partial charge in [0.1, 0.15) is 0 Å². The van der Waals surface area contributed by atoms with E-state index in [0.29, 0.717) is 18.7 Å². The highest BCUT2D eigenvalue weighted by Gasteiger charge is 2.25. The van der Waals surface area contributed by atoms with E-state index in [1.165, 1.54) is 16.5 Å². The lowest BCUT2D eigenvalue weighted by Crippen LogP contribution is -2.50. The van der Waals surface area contributed by atoms with Crippen molar-refractivity contribution < 1.29 is 9.59 Å². The maximum Gasteiger partial charge on any atom is 0.255 e. The quantitative estimate of drug-likeness (QED) is 0.861. The molecule has 2 aliphatic rings. The lowest BCUT2D eigenvalue weighted by molar-refractivity contribution is -0.123. The van der Waals surface area contributed by atoms with E-state index < -0.39 is 0 Å². The summed E-state index contributed by atoms with van der Waals surface area (Å²) >= 11 is 0. The first-order chi connectivity index (χ1) is 10.2. The molecule has 1 fully saturated rings. The number of nitrogens with one attached hydrogen (secondary N) is 1. The molecule has 21 heavy (non-hydrogen) atoms. The molecule has 0 radical (unpaired) electrons. The molecule has 0 atom stereocenters. The van der Waals surface area contributed by atoms with Gasteiger partial charge in [0.2, 0.25) is 5.91 Å². The number of piperazine rings is 1.